The number of nitrogens with zero attached hydrogens (tertiary/aromatic N) is 2. The highest BCUT2D eigenvalue weighted by Crippen LogP contribution is 2.30. The van der Waals surface area contributed by atoms with Crippen LogP contribution >= 0.6 is 11.3 Å². The van der Waals surface area contributed by atoms with Crippen molar-refractivity contribution in [1.82, 2.24) is 4.98 Å². The number of aromatic carboxylic acids is 1. The third-order valence-electron chi connectivity index (χ3n) is 5.11. The third kappa shape index (κ3) is 4.47. The maximum absolute atomic E-state index is 12.4. The van der Waals surface area contributed by atoms with E-state index in [0.717, 1.165) is 17.8 Å². The van der Waals surface area contributed by atoms with Gasteiger partial charge in [-0.25, -0.2) is 18.2 Å². The summed E-state index contributed by atoms with van der Waals surface area (Å²) in [4.78, 5) is 18.1. The summed E-state index contributed by atoms with van der Waals surface area (Å²) in [5.41, 5.74) is 3.70. The summed E-state index contributed by atoms with van der Waals surface area (Å²) in [7, 11) is -3.78. The average molecular weight is 456 g/mol. The second-order valence-corrected chi connectivity index (χ2v) is 10.0. The molecule has 4 rings (SSSR count). The average Bonchev–Trinajstić information content (AvgIpc) is 3.30. The first kappa shape index (κ1) is 21.1. The molecule has 7 nitrogen and oxygen atoms in total. The lowest BCUT2D eigenvalue weighted by Crippen LogP contribution is -2.30. The number of aromatic nitrogens is 1. The van der Waals surface area contributed by atoms with Crippen molar-refractivity contribution in [2.75, 3.05) is 22.7 Å². The predicted molar refractivity (Wildman–Crippen MR) is 122 cm³/mol. The van der Waals surface area contributed by atoms with Crippen molar-refractivity contribution in [2.45, 2.75) is 17.6 Å². The molecule has 3 aromatic rings. The summed E-state index contributed by atoms with van der Waals surface area (Å²) in [6, 6.07) is 12.6. The van der Waals surface area contributed by atoms with Crippen molar-refractivity contribution in [3.05, 3.63) is 76.8 Å². The SMILES string of the molecule is Cc1ccccc1C1=CCN(c2ncc(NS(=O)(=O)c3cccs3)cc2C(=O)O)CC1. The summed E-state index contributed by atoms with van der Waals surface area (Å²) >= 11 is 1.08. The number of carbonyl (C=O) groups is 1. The molecule has 0 aliphatic carbocycles. The summed E-state index contributed by atoms with van der Waals surface area (Å²) in [5, 5.41) is 11.4. The minimum Gasteiger partial charge on any atom is -0.478 e. The monoisotopic (exact) mass is 455 g/mol. The normalized spacial score (nSPS) is 14.2. The maximum Gasteiger partial charge on any atom is 0.339 e. The van der Waals surface area contributed by atoms with E-state index < -0.39 is 16.0 Å². The van der Waals surface area contributed by atoms with E-state index in [2.05, 4.69) is 34.8 Å². The fourth-order valence-corrected chi connectivity index (χ4v) is 5.61. The van der Waals surface area contributed by atoms with E-state index in [1.165, 1.54) is 35.0 Å². The largest absolute Gasteiger partial charge is 0.478 e. The summed E-state index contributed by atoms with van der Waals surface area (Å²) in [6.45, 7) is 3.22. The first-order valence-corrected chi connectivity index (χ1v) is 12.0. The van der Waals surface area contributed by atoms with Crippen molar-refractivity contribution in [3.63, 3.8) is 0 Å². The van der Waals surface area contributed by atoms with Crippen LogP contribution in [0.5, 0.6) is 0 Å². The summed E-state index contributed by atoms with van der Waals surface area (Å²) in [6.07, 6.45) is 4.21. The number of hydrogen-bond acceptors (Lipinski definition) is 6. The molecule has 0 unspecified atom stereocenters. The van der Waals surface area contributed by atoms with Gasteiger partial charge in [0.1, 0.15) is 15.6 Å². The molecule has 0 radical (unpaired) electrons. The number of hydrogen-bond donors (Lipinski definition) is 2. The number of aryl methyl sites for hydroxylation is 1. The number of thiophene rings is 1. The van der Waals surface area contributed by atoms with E-state index in [1.54, 1.807) is 11.4 Å². The number of benzene rings is 1. The van der Waals surface area contributed by atoms with E-state index in [0.29, 0.717) is 18.9 Å². The Morgan fingerprint density at radius 2 is 2.03 bits per heavy atom. The fraction of sp³-hybridized carbons (Fsp3) is 0.182. The molecule has 1 aliphatic rings. The molecule has 0 saturated carbocycles. The zero-order chi connectivity index (χ0) is 22.0. The van der Waals surface area contributed by atoms with Crippen LogP contribution in [0.1, 0.15) is 27.9 Å². The Morgan fingerprint density at radius 1 is 1.23 bits per heavy atom. The molecule has 3 heterocycles. The Kier molecular flexibility index (Phi) is 5.79. The van der Waals surface area contributed by atoms with Crippen molar-refractivity contribution < 1.29 is 18.3 Å². The molecular formula is C22H21N3O4S2. The number of pyridine rings is 1. The molecule has 160 valence electrons. The first-order valence-electron chi connectivity index (χ1n) is 9.65. The second kappa shape index (κ2) is 8.52. The predicted octanol–water partition coefficient (Wildman–Crippen LogP) is 4.24. The maximum atomic E-state index is 12.4. The Labute approximate surface area is 184 Å². The molecule has 0 amide bonds. The van der Waals surface area contributed by atoms with E-state index in [9.17, 15) is 18.3 Å². The highest BCUT2D eigenvalue weighted by molar-refractivity contribution is 7.94. The van der Waals surface area contributed by atoms with E-state index in [1.807, 2.05) is 17.0 Å². The van der Waals surface area contributed by atoms with Gasteiger partial charge in [0, 0.05) is 13.1 Å². The van der Waals surface area contributed by atoms with Crippen LogP contribution in [0.15, 0.2) is 64.3 Å². The zero-order valence-corrected chi connectivity index (χ0v) is 18.4. The van der Waals surface area contributed by atoms with Crippen LogP contribution in [0.2, 0.25) is 0 Å². The van der Waals surface area contributed by atoms with Gasteiger partial charge in [-0.15, -0.1) is 11.3 Å². The van der Waals surface area contributed by atoms with Crippen LogP contribution in [0.3, 0.4) is 0 Å². The van der Waals surface area contributed by atoms with Gasteiger partial charge in [-0.1, -0.05) is 36.4 Å². The van der Waals surface area contributed by atoms with Gasteiger partial charge in [-0.2, -0.15) is 0 Å². The lowest BCUT2D eigenvalue weighted by atomic mass is 9.95. The molecule has 2 N–H and O–H groups in total. The minimum absolute atomic E-state index is 0.0425. The van der Waals surface area contributed by atoms with Gasteiger partial charge in [-0.3, -0.25) is 4.72 Å². The van der Waals surface area contributed by atoms with Gasteiger partial charge >= 0.3 is 5.97 Å². The van der Waals surface area contributed by atoms with Crippen LogP contribution in [-0.2, 0) is 10.0 Å². The second-order valence-electron chi connectivity index (χ2n) is 7.18. The number of sulfonamides is 1. The first-order chi connectivity index (χ1) is 14.8. The number of carboxylic acid groups (broad SMARTS) is 1. The van der Waals surface area contributed by atoms with Gasteiger partial charge in [0.05, 0.1) is 11.9 Å². The van der Waals surface area contributed by atoms with E-state index in [4.69, 9.17) is 0 Å². The number of nitrogens with one attached hydrogen (secondary N) is 1. The highest BCUT2D eigenvalue weighted by atomic mass is 32.2. The van der Waals surface area contributed by atoms with Crippen LogP contribution in [0, 0.1) is 6.92 Å². The van der Waals surface area contributed by atoms with Crippen molar-refractivity contribution in [1.29, 1.82) is 0 Å². The van der Waals surface area contributed by atoms with Crippen molar-refractivity contribution in [2.24, 2.45) is 0 Å². The van der Waals surface area contributed by atoms with Crippen molar-refractivity contribution in [3.8, 4) is 0 Å². The molecule has 0 saturated heterocycles. The smallest absolute Gasteiger partial charge is 0.339 e. The van der Waals surface area contributed by atoms with Crippen LogP contribution < -0.4 is 9.62 Å². The number of rotatable bonds is 6. The molecule has 0 atom stereocenters. The lowest BCUT2D eigenvalue weighted by molar-refractivity contribution is 0.0697. The van der Waals surface area contributed by atoms with Crippen LogP contribution in [-0.4, -0.2) is 37.6 Å². The van der Waals surface area contributed by atoms with Gasteiger partial charge in [0.15, 0.2) is 0 Å². The van der Waals surface area contributed by atoms with Crippen LogP contribution in [0.25, 0.3) is 5.57 Å². The Hall–Kier alpha value is -3.17. The van der Waals surface area contributed by atoms with E-state index in [-0.39, 0.29) is 15.5 Å². The summed E-state index contributed by atoms with van der Waals surface area (Å²) < 4.78 is 27.4. The molecule has 0 fully saturated rings. The summed E-state index contributed by atoms with van der Waals surface area (Å²) in [5.74, 6) is -0.833. The molecule has 2 aromatic heterocycles. The Bertz CT molecular complexity index is 1250. The van der Waals surface area contributed by atoms with Gasteiger partial charge in [0.25, 0.3) is 10.0 Å². The highest BCUT2D eigenvalue weighted by Gasteiger charge is 2.23. The van der Waals surface area contributed by atoms with Gasteiger partial charge in [0.2, 0.25) is 0 Å². The minimum atomic E-state index is -3.78. The molecule has 1 aromatic carbocycles. The van der Waals surface area contributed by atoms with Gasteiger partial charge in [-0.05, 0) is 47.6 Å². The molecule has 0 spiro atoms. The number of anilines is 2. The lowest BCUT2D eigenvalue weighted by Gasteiger charge is -2.29. The Morgan fingerprint density at radius 3 is 2.68 bits per heavy atom. The third-order valence-corrected chi connectivity index (χ3v) is 7.89. The van der Waals surface area contributed by atoms with Crippen molar-refractivity contribution >= 4 is 44.4 Å². The van der Waals surface area contributed by atoms with Crippen LogP contribution in [0.4, 0.5) is 11.5 Å². The molecule has 0 bridgehead atoms. The quantitative estimate of drug-likeness (QED) is 0.577. The van der Waals surface area contributed by atoms with Gasteiger partial charge < -0.3 is 10.0 Å². The molecular weight excluding hydrogens is 434 g/mol. The van der Waals surface area contributed by atoms with E-state index >= 15 is 0 Å². The number of carboxylic acids is 1. The molecule has 9 heteroatoms. The molecule has 31 heavy (non-hydrogen) atoms. The zero-order valence-electron chi connectivity index (χ0n) is 16.8. The molecule has 1 aliphatic heterocycles. The Balaban J connectivity index is 1.58. The topological polar surface area (TPSA) is 99.6 Å². The fourth-order valence-electron chi connectivity index (χ4n) is 3.58. The standard InChI is InChI=1S/C22H21N3O4S2/c1-15-5-2-3-6-18(15)16-8-10-25(11-9-16)21-19(22(26)27)13-17(14-23-21)24-31(28,29)20-7-4-12-30-20/h2-8,12-14,24H,9-11H2,1H3,(H,26,27).